The predicted molar refractivity (Wildman–Crippen MR) is 97.5 cm³/mol. The molecule has 136 valence electrons. The predicted octanol–water partition coefficient (Wildman–Crippen LogP) is 0.813. The number of ether oxygens (including phenoxy) is 5. The topological polar surface area (TPSA) is 46.2 Å². The Hall–Kier alpha value is -0.674. The van der Waals surface area contributed by atoms with Crippen LogP contribution in [0.1, 0.15) is 12.8 Å². The molecule has 2 aromatic carbocycles. The van der Waals surface area contributed by atoms with Crippen molar-refractivity contribution in [3.63, 3.8) is 0 Å². The molecule has 3 aliphatic heterocycles. The fourth-order valence-electron chi connectivity index (χ4n) is 2.17. The van der Waals surface area contributed by atoms with Crippen LogP contribution in [0.2, 0.25) is 0 Å². The zero-order valence-corrected chi connectivity index (χ0v) is 18.8. The van der Waals surface area contributed by atoms with E-state index in [1.54, 1.807) is 12.1 Å². The third-order valence-corrected chi connectivity index (χ3v) is 3.87. The maximum absolute atomic E-state index is 5.13. The van der Waals surface area contributed by atoms with Crippen LogP contribution in [0.25, 0.3) is 0 Å². The van der Waals surface area contributed by atoms with Crippen molar-refractivity contribution >= 4 is 39.0 Å². The number of fused-ring (bicyclic) bond motifs is 2. The van der Waals surface area contributed by atoms with Crippen molar-refractivity contribution < 1.29 is 40.7 Å². The van der Waals surface area contributed by atoms with Crippen LogP contribution in [-0.2, 0) is 4.74 Å². The van der Waals surface area contributed by atoms with Crippen molar-refractivity contribution in [2.24, 2.45) is 0 Å². The maximum atomic E-state index is 5.13. The van der Waals surface area contributed by atoms with E-state index in [9.17, 15) is 0 Å². The Labute approximate surface area is 188 Å². The van der Waals surface area contributed by atoms with Crippen molar-refractivity contribution in [3.05, 3.63) is 46.9 Å². The summed E-state index contributed by atoms with van der Waals surface area (Å²) < 4.78 is 26.3. The molecule has 0 spiro atoms. The van der Waals surface area contributed by atoms with Gasteiger partial charge in [-0.05, 0) is 31.0 Å². The van der Waals surface area contributed by atoms with Crippen molar-refractivity contribution in [2.45, 2.75) is 12.8 Å². The van der Waals surface area contributed by atoms with Crippen LogP contribution in [0.3, 0.4) is 0 Å². The average molecular weight is 498 g/mol. The maximum Gasteiger partial charge on any atom is 2.00 e. The molecule has 1 fully saturated rings. The van der Waals surface area contributed by atoms with Gasteiger partial charge in [-0.25, -0.2) is 0 Å². The molecule has 0 atom stereocenters. The SMILES string of the molecule is Brc1ccc2c(c1)OCO2.C1CCOC1.[Br-].[Mg+2].[c-]1ccc2c(c1)OCO2. The number of hydrogen-bond donors (Lipinski definition) is 0. The molecule has 5 nitrogen and oxygen atoms in total. The van der Waals surface area contributed by atoms with Gasteiger partial charge in [-0.3, -0.25) is 0 Å². The quantitative estimate of drug-likeness (QED) is 0.398. The van der Waals surface area contributed by atoms with Crippen LogP contribution in [0, 0.1) is 6.07 Å². The molecule has 0 bridgehead atoms. The van der Waals surface area contributed by atoms with Crippen LogP contribution in [0.15, 0.2) is 40.9 Å². The van der Waals surface area contributed by atoms with Crippen LogP contribution < -0.4 is 35.9 Å². The molecule has 0 unspecified atom stereocenters. The molecule has 0 amide bonds. The van der Waals surface area contributed by atoms with Gasteiger partial charge in [-0.1, -0.05) is 15.9 Å². The summed E-state index contributed by atoms with van der Waals surface area (Å²) in [5.41, 5.74) is 0. The second-order valence-corrected chi connectivity index (χ2v) is 6.01. The summed E-state index contributed by atoms with van der Waals surface area (Å²) in [4.78, 5) is 0. The molecule has 3 aliphatic rings. The standard InChI is InChI=1S/C7H5BrO2.C7H5O2.C4H8O.BrH.Mg/c8-5-1-2-6-7(3-5)10-4-9-6;1-2-4-7-6(3-1)8-5-9-7;1-2-4-5-3-1;;/h1-3H,4H2;1,3-4H,5H2;1-4H2;1H;/q;-1;;;+2/p-1. The van der Waals surface area contributed by atoms with E-state index in [1.165, 1.54) is 12.8 Å². The molecular formula is C18H18Br2MgO5. The fraction of sp³-hybridized carbons (Fsp3) is 0.333. The van der Waals surface area contributed by atoms with Crippen LogP contribution in [0.4, 0.5) is 0 Å². The van der Waals surface area contributed by atoms with Gasteiger partial charge in [0.25, 0.3) is 0 Å². The minimum Gasteiger partial charge on any atom is -1.00 e. The van der Waals surface area contributed by atoms with Gasteiger partial charge in [0.2, 0.25) is 13.6 Å². The van der Waals surface area contributed by atoms with Gasteiger partial charge in [-0.2, -0.15) is 12.1 Å². The van der Waals surface area contributed by atoms with Gasteiger partial charge in [-0.15, -0.1) is 12.1 Å². The van der Waals surface area contributed by atoms with E-state index in [2.05, 4.69) is 22.0 Å². The minimum atomic E-state index is 0. The van der Waals surface area contributed by atoms with E-state index in [-0.39, 0.29) is 40.0 Å². The molecule has 5 rings (SSSR count). The molecule has 0 aliphatic carbocycles. The Morgan fingerprint density at radius 1 is 0.808 bits per heavy atom. The summed E-state index contributed by atoms with van der Waals surface area (Å²) >= 11 is 3.33. The van der Waals surface area contributed by atoms with Gasteiger partial charge in [0.1, 0.15) is 0 Å². The second kappa shape index (κ2) is 12.7. The summed E-state index contributed by atoms with van der Waals surface area (Å²) in [5, 5.41) is 0. The number of benzene rings is 2. The molecule has 1 saturated heterocycles. The molecule has 0 N–H and O–H groups in total. The van der Waals surface area contributed by atoms with E-state index in [0.717, 1.165) is 40.7 Å². The average Bonchev–Trinajstić information content (AvgIpc) is 3.36. The van der Waals surface area contributed by atoms with Crippen molar-refractivity contribution in [1.29, 1.82) is 0 Å². The zero-order valence-electron chi connectivity index (χ0n) is 14.2. The Morgan fingerprint density at radius 3 is 2.04 bits per heavy atom. The van der Waals surface area contributed by atoms with E-state index < -0.39 is 0 Å². The molecule has 0 saturated carbocycles. The minimum absolute atomic E-state index is 0. The summed E-state index contributed by atoms with van der Waals surface area (Å²) in [5.74, 6) is 3.24. The molecule has 0 aromatic heterocycles. The van der Waals surface area contributed by atoms with E-state index in [1.807, 2.05) is 24.3 Å². The van der Waals surface area contributed by atoms with Gasteiger partial charge >= 0.3 is 23.1 Å². The molecule has 3 heterocycles. The van der Waals surface area contributed by atoms with Crippen LogP contribution in [-0.4, -0.2) is 49.9 Å². The van der Waals surface area contributed by atoms with Crippen molar-refractivity contribution in [3.8, 4) is 23.0 Å². The summed E-state index contributed by atoms with van der Waals surface area (Å²) in [6, 6.07) is 14.0. The Balaban J connectivity index is 0.000000197. The summed E-state index contributed by atoms with van der Waals surface area (Å²) in [6.45, 7) is 2.68. The first-order valence-corrected chi connectivity index (χ1v) is 8.51. The second-order valence-electron chi connectivity index (χ2n) is 5.10. The largest absolute Gasteiger partial charge is 2.00 e. The monoisotopic (exact) mass is 496 g/mol. The summed E-state index contributed by atoms with van der Waals surface area (Å²) in [6.07, 6.45) is 2.56. The number of halogens is 2. The summed E-state index contributed by atoms with van der Waals surface area (Å²) in [7, 11) is 0. The fourth-order valence-corrected chi connectivity index (χ4v) is 2.51. The normalized spacial score (nSPS) is 14.7. The molecular weight excluding hydrogens is 480 g/mol. The Bertz CT molecular complexity index is 637. The Kier molecular flexibility index (Phi) is 11.4. The smallest absolute Gasteiger partial charge is 1.00 e. The van der Waals surface area contributed by atoms with E-state index >= 15 is 0 Å². The Morgan fingerprint density at radius 2 is 1.42 bits per heavy atom. The van der Waals surface area contributed by atoms with E-state index in [0.29, 0.717) is 13.6 Å². The third kappa shape index (κ3) is 7.15. The van der Waals surface area contributed by atoms with Gasteiger partial charge in [0.15, 0.2) is 11.5 Å². The number of hydrogen-bond acceptors (Lipinski definition) is 5. The van der Waals surface area contributed by atoms with Crippen LogP contribution >= 0.6 is 15.9 Å². The number of rotatable bonds is 0. The molecule has 26 heavy (non-hydrogen) atoms. The van der Waals surface area contributed by atoms with E-state index in [4.69, 9.17) is 23.7 Å². The van der Waals surface area contributed by atoms with Gasteiger partial charge in [0.05, 0.1) is 11.5 Å². The first kappa shape index (κ1) is 23.4. The van der Waals surface area contributed by atoms with Crippen LogP contribution in [0.5, 0.6) is 23.0 Å². The first-order chi connectivity index (χ1) is 11.8. The molecule has 2 aromatic rings. The third-order valence-electron chi connectivity index (χ3n) is 3.38. The first-order valence-electron chi connectivity index (χ1n) is 7.71. The van der Waals surface area contributed by atoms with Gasteiger partial charge in [0, 0.05) is 17.7 Å². The zero-order chi connectivity index (χ0) is 16.6. The molecule has 0 radical (unpaired) electrons. The van der Waals surface area contributed by atoms with Gasteiger partial charge < -0.3 is 40.7 Å². The van der Waals surface area contributed by atoms with Crippen molar-refractivity contribution in [1.82, 2.24) is 0 Å². The van der Waals surface area contributed by atoms with Crippen molar-refractivity contribution in [2.75, 3.05) is 26.8 Å². The molecule has 8 heteroatoms.